The Morgan fingerprint density at radius 1 is 1.70 bits per heavy atom. The van der Waals surface area contributed by atoms with E-state index < -0.39 is 0 Å². The number of aromatic nitrogens is 2. The molecule has 48 valence electrons. The summed E-state index contributed by atoms with van der Waals surface area (Å²) in [5.74, 6) is 4.85. The molecule has 1 aromatic rings. The zero-order valence-electron chi connectivity index (χ0n) is 4.85. The van der Waals surface area contributed by atoms with Crippen molar-refractivity contribution in [2.24, 2.45) is 0 Å². The number of hydrogen-bond donors (Lipinski definition) is 1. The van der Waals surface area contributed by atoms with Crippen LogP contribution < -0.4 is 0 Å². The molecule has 0 amide bonds. The summed E-state index contributed by atoms with van der Waals surface area (Å²) in [5, 5.41) is 14.4. The van der Waals surface area contributed by atoms with Crippen LogP contribution >= 0.6 is 15.9 Å². The Labute approximate surface area is 66.2 Å². The molecule has 0 saturated heterocycles. The van der Waals surface area contributed by atoms with Crippen molar-refractivity contribution in [1.29, 1.82) is 5.26 Å². The van der Waals surface area contributed by atoms with Crippen molar-refractivity contribution in [3.8, 4) is 17.9 Å². The molecule has 1 heterocycles. The summed E-state index contributed by atoms with van der Waals surface area (Å²) in [6.07, 6.45) is 1.55. The molecule has 3 nitrogen and oxygen atoms in total. The van der Waals surface area contributed by atoms with Gasteiger partial charge >= 0.3 is 0 Å². The third kappa shape index (κ3) is 1.37. The summed E-state index contributed by atoms with van der Waals surface area (Å²) in [7, 11) is 0. The first-order chi connectivity index (χ1) is 4.84. The van der Waals surface area contributed by atoms with E-state index in [0.717, 1.165) is 0 Å². The van der Waals surface area contributed by atoms with Gasteiger partial charge in [-0.25, -0.2) is 0 Å². The van der Waals surface area contributed by atoms with E-state index >= 15 is 0 Å². The van der Waals surface area contributed by atoms with Crippen LogP contribution in [0.2, 0.25) is 0 Å². The molecule has 1 aromatic heterocycles. The summed E-state index contributed by atoms with van der Waals surface area (Å²) >= 11 is 3.17. The van der Waals surface area contributed by atoms with Crippen molar-refractivity contribution >= 4 is 15.9 Å². The lowest BCUT2D eigenvalue weighted by molar-refractivity contribution is 1.07. The van der Waals surface area contributed by atoms with Crippen LogP contribution in [0.5, 0.6) is 0 Å². The Hall–Kier alpha value is -1.26. The summed E-state index contributed by atoms with van der Waals surface area (Å²) in [5.41, 5.74) is 0.696. The zero-order chi connectivity index (χ0) is 7.40. The minimum absolute atomic E-state index is 0.696. The van der Waals surface area contributed by atoms with Gasteiger partial charge in [0.05, 0.1) is 11.8 Å². The topological polar surface area (TPSA) is 52.5 Å². The Bertz CT molecular complexity index is 323. The highest BCUT2D eigenvalue weighted by Crippen LogP contribution is 2.09. The van der Waals surface area contributed by atoms with Crippen LogP contribution in [0.4, 0.5) is 0 Å². The normalized spacial score (nSPS) is 7.60. The Balaban J connectivity index is 2.97. The summed E-state index contributed by atoms with van der Waals surface area (Å²) in [6.45, 7) is 0. The molecule has 0 aliphatic heterocycles. The predicted molar refractivity (Wildman–Crippen MR) is 38.8 cm³/mol. The Morgan fingerprint density at radius 3 is 3.00 bits per heavy atom. The van der Waals surface area contributed by atoms with Gasteiger partial charge < -0.3 is 0 Å². The van der Waals surface area contributed by atoms with E-state index in [0.29, 0.717) is 10.2 Å². The predicted octanol–water partition coefficient (Wildman–Crippen LogP) is 1.05. The van der Waals surface area contributed by atoms with E-state index in [1.807, 2.05) is 0 Å². The van der Waals surface area contributed by atoms with Gasteiger partial charge in [0.15, 0.2) is 6.07 Å². The van der Waals surface area contributed by atoms with E-state index in [1.54, 1.807) is 12.3 Å². The molecule has 0 aromatic carbocycles. The fourth-order valence-electron chi connectivity index (χ4n) is 0.453. The number of H-pyrrole nitrogens is 1. The lowest BCUT2D eigenvalue weighted by atomic mass is 10.4. The lowest BCUT2D eigenvalue weighted by Crippen LogP contribution is -1.67. The van der Waals surface area contributed by atoms with Crippen LogP contribution in [0.3, 0.4) is 0 Å². The minimum Gasteiger partial charge on any atom is -0.270 e. The van der Waals surface area contributed by atoms with Crippen molar-refractivity contribution in [1.82, 2.24) is 10.2 Å². The van der Waals surface area contributed by atoms with Gasteiger partial charge in [-0.3, -0.25) is 5.10 Å². The van der Waals surface area contributed by atoms with Gasteiger partial charge in [0, 0.05) is 5.92 Å². The molecule has 0 unspecified atom stereocenters. The number of aromatic amines is 1. The highest BCUT2D eigenvalue weighted by Gasteiger charge is 1.94. The first-order valence-corrected chi connectivity index (χ1v) is 3.23. The molecule has 0 saturated carbocycles. The monoisotopic (exact) mass is 195 g/mol. The van der Waals surface area contributed by atoms with E-state index in [2.05, 4.69) is 38.0 Å². The molecule has 0 bridgehead atoms. The molecule has 10 heavy (non-hydrogen) atoms. The molecule has 0 radical (unpaired) electrons. The SMILES string of the molecule is N#CC#Cc1cn[nH]c1Br. The molecular weight excluding hydrogens is 194 g/mol. The Kier molecular flexibility index (Phi) is 2.09. The minimum atomic E-state index is 0.696. The maximum Gasteiger partial charge on any atom is 0.152 e. The van der Waals surface area contributed by atoms with Crippen LogP contribution in [0.25, 0.3) is 0 Å². The van der Waals surface area contributed by atoms with Crippen molar-refractivity contribution in [3.05, 3.63) is 16.4 Å². The molecule has 1 rings (SSSR count). The van der Waals surface area contributed by atoms with Gasteiger partial charge in [0.1, 0.15) is 4.60 Å². The molecule has 0 aliphatic rings. The highest BCUT2D eigenvalue weighted by atomic mass is 79.9. The average molecular weight is 196 g/mol. The number of nitriles is 1. The second-order valence-corrected chi connectivity index (χ2v) is 2.25. The van der Waals surface area contributed by atoms with Crippen molar-refractivity contribution in [3.63, 3.8) is 0 Å². The molecule has 4 heteroatoms. The first kappa shape index (κ1) is 6.85. The number of rotatable bonds is 0. The molecule has 0 fully saturated rings. The maximum atomic E-state index is 8.09. The molecular formula is C6H2BrN3. The standard InChI is InChI=1S/C6H2BrN3/c7-6-5(2-1-3-8)4-9-10-6/h4H,(H,9,10). The van der Waals surface area contributed by atoms with Crippen LogP contribution in [-0.2, 0) is 0 Å². The summed E-state index contributed by atoms with van der Waals surface area (Å²) < 4.78 is 0.704. The van der Waals surface area contributed by atoms with E-state index in [1.165, 1.54) is 0 Å². The van der Waals surface area contributed by atoms with Crippen LogP contribution in [-0.4, -0.2) is 10.2 Å². The number of hydrogen-bond acceptors (Lipinski definition) is 2. The van der Waals surface area contributed by atoms with Gasteiger partial charge in [-0.15, -0.1) is 0 Å². The summed E-state index contributed by atoms with van der Waals surface area (Å²) in [4.78, 5) is 0. The largest absolute Gasteiger partial charge is 0.270 e. The van der Waals surface area contributed by atoms with Gasteiger partial charge in [-0.2, -0.15) is 10.4 Å². The first-order valence-electron chi connectivity index (χ1n) is 2.43. The third-order valence-corrected chi connectivity index (χ3v) is 1.45. The molecule has 0 aliphatic carbocycles. The Morgan fingerprint density at radius 2 is 2.50 bits per heavy atom. The fraction of sp³-hybridized carbons (Fsp3) is 0. The van der Waals surface area contributed by atoms with Gasteiger partial charge in [-0.05, 0) is 21.9 Å². The molecule has 0 spiro atoms. The van der Waals surface area contributed by atoms with E-state index in [4.69, 9.17) is 5.26 Å². The fourth-order valence-corrected chi connectivity index (χ4v) is 0.757. The van der Waals surface area contributed by atoms with Crippen molar-refractivity contribution < 1.29 is 0 Å². The zero-order valence-corrected chi connectivity index (χ0v) is 6.44. The smallest absolute Gasteiger partial charge is 0.152 e. The molecule has 0 atom stereocenters. The lowest BCUT2D eigenvalue weighted by Gasteiger charge is -1.76. The second-order valence-electron chi connectivity index (χ2n) is 1.46. The van der Waals surface area contributed by atoms with E-state index in [9.17, 15) is 0 Å². The number of nitrogens with one attached hydrogen (secondary N) is 1. The molecule has 1 N–H and O–H groups in total. The van der Waals surface area contributed by atoms with Gasteiger partial charge in [-0.1, -0.05) is 0 Å². The van der Waals surface area contributed by atoms with Crippen molar-refractivity contribution in [2.75, 3.05) is 0 Å². The average Bonchev–Trinajstić information content (AvgIpc) is 2.31. The number of halogens is 1. The second kappa shape index (κ2) is 3.05. The van der Waals surface area contributed by atoms with Gasteiger partial charge in [0.2, 0.25) is 0 Å². The number of nitrogens with zero attached hydrogens (tertiary/aromatic N) is 2. The maximum absolute atomic E-state index is 8.09. The quantitative estimate of drug-likeness (QED) is 0.630. The van der Waals surface area contributed by atoms with Crippen LogP contribution in [0.15, 0.2) is 10.8 Å². The van der Waals surface area contributed by atoms with E-state index in [-0.39, 0.29) is 0 Å². The van der Waals surface area contributed by atoms with Crippen LogP contribution in [0.1, 0.15) is 5.56 Å². The third-order valence-electron chi connectivity index (χ3n) is 0.846. The van der Waals surface area contributed by atoms with Gasteiger partial charge in [0.25, 0.3) is 0 Å². The van der Waals surface area contributed by atoms with Crippen molar-refractivity contribution in [2.45, 2.75) is 0 Å². The summed E-state index contributed by atoms with van der Waals surface area (Å²) in [6, 6.07) is 1.71. The van der Waals surface area contributed by atoms with Crippen LogP contribution in [0, 0.1) is 23.2 Å². The highest BCUT2D eigenvalue weighted by molar-refractivity contribution is 9.10.